The summed E-state index contributed by atoms with van der Waals surface area (Å²) in [5.74, 6) is -2.63. The monoisotopic (exact) mass is 413 g/mol. The van der Waals surface area contributed by atoms with Crippen molar-refractivity contribution in [1.82, 2.24) is 4.98 Å². The molecule has 3 atom stereocenters. The smallest absolute Gasteiger partial charge is 0.317 e. The maximum Gasteiger partial charge on any atom is 0.317 e. The molecule has 0 amide bonds. The Morgan fingerprint density at radius 2 is 2.13 bits per heavy atom. The molecule has 1 aromatic carbocycles. The van der Waals surface area contributed by atoms with Crippen molar-refractivity contribution in [2.45, 2.75) is 16.2 Å². The maximum atomic E-state index is 12.4. The zero-order valence-corrected chi connectivity index (χ0v) is 14.5. The second kappa shape index (κ2) is 5.22. The summed E-state index contributed by atoms with van der Waals surface area (Å²) >= 11 is 5.39. The van der Waals surface area contributed by atoms with Gasteiger partial charge in [-0.1, -0.05) is 39.0 Å². The number of nitrogens with one attached hydrogen (secondary N) is 1. The van der Waals surface area contributed by atoms with Crippen molar-refractivity contribution in [1.29, 1.82) is 0 Å². The van der Waals surface area contributed by atoms with Crippen molar-refractivity contribution in [2.75, 3.05) is 0 Å². The van der Waals surface area contributed by atoms with Crippen LogP contribution < -0.4 is 9.61 Å². The number of rotatable bonds is 1. The number of carboxylic acids is 1. The van der Waals surface area contributed by atoms with Gasteiger partial charge in [0.25, 0.3) is 0 Å². The number of fused-ring (bicyclic) bond motifs is 5. The second-order valence-electron chi connectivity index (χ2n) is 5.19. The van der Waals surface area contributed by atoms with Crippen LogP contribution in [0.25, 0.3) is 0 Å². The van der Waals surface area contributed by atoms with Gasteiger partial charge in [-0.15, -0.1) is 0 Å². The first-order valence-corrected chi connectivity index (χ1v) is 9.08. The first kappa shape index (κ1) is 15.0. The predicted molar refractivity (Wildman–Crippen MR) is 87.3 cm³/mol. The largest absolute Gasteiger partial charge is 0.480 e. The summed E-state index contributed by atoms with van der Waals surface area (Å²) in [4.78, 5) is 38.9. The SMILES string of the molecule is O=C1Oc2ccc(Br)cc2[C@H]2c3sc(=O)[nH]c3S[C@H](C(=O)O)[C@@H]12. The second-order valence-corrected chi connectivity index (χ2v) is 8.27. The van der Waals surface area contributed by atoms with Gasteiger partial charge in [0.2, 0.25) is 0 Å². The third-order valence-corrected chi connectivity index (χ3v) is 6.78. The van der Waals surface area contributed by atoms with Gasteiger partial charge in [0.15, 0.2) is 0 Å². The topological polar surface area (TPSA) is 96.5 Å². The molecule has 2 aliphatic rings. The normalized spacial score (nSPS) is 25.1. The summed E-state index contributed by atoms with van der Waals surface area (Å²) in [5, 5.41) is 9.02. The molecule has 2 N–H and O–H groups in total. The lowest BCUT2D eigenvalue weighted by atomic mass is 9.80. The summed E-state index contributed by atoms with van der Waals surface area (Å²) in [6, 6.07) is 5.22. The van der Waals surface area contributed by atoms with Crippen molar-refractivity contribution in [3.8, 4) is 5.75 Å². The van der Waals surface area contributed by atoms with Gasteiger partial charge < -0.3 is 14.8 Å². The summed E-state index contributed by atoms with van der Waals surface area (Å²) in [7, 11) is 0. The molecule has 118 valence electrons. The molecule has 0 aliphatic carbocycles. The molecule has 0 fully saturated rings. The third kappa shape index (κ3) is 2.26. The van der Waals surface area contributed by atoms with Gasteiger partial charge in [-0.2, -0.15) is 0 Å². The van der Waals surface area contributed by atoms with E-state index in [0.29, 0.717) is 21.2 Å². The first-order valence-electron chi connectivity index (χ1n) is 6.59. The van der Waals surface area contributed by atoms with Crippen molar-refractivity contribution in [3.63, 3.8) is 0 Å². The average Bonchev–Trinajstić information content (AvgIpc) is 2.86. The van der Waals surface area contributed by atoms with E-state index in [9.17, 15) is 19.5 Å². The molecule has 6 nitrogen and oxygen atoms in total. The van der Waals surface area contributed by atoms with Crippen LogP contribution in [0.5, 0.6) is 5.75 Å². The zero-order chi connectivity index (χ0) is 16.3. The Balaban J connectivity index is 2.00. The van der Waals surface area contributed by atoms with Crippen LogP contribution in [-0.2, 0) is 9.59 Å². The number of aromatic amines is 1. The lowest BCUT2D eigenvalue weighted by Crippen LogP contribution is -2.44. The molecule has 3 heterocycles. The summed E-state index contributed by atoms with van der Waals surface area (Å²) in [6.07, 6.45) is 0. The number of carbonyl (C=O) groups is 2. The molecular formula is C14H8BrNO5S2. The summed E-state index contributed by atoms with van der Waals surface area (Å²) < 4.78 is 6.13. The Morgan fingerprint density at radius 3 is 2.87 bits per heavy atom. The van der Waals surface area contributed by atoms with Gasteiger partial charge in [-0.3, -0.25) is 14.4 Å². The van der Waals surface area contributed by atoms with Crippen molar-refractivity contribution in [2.24, 2.45) is 5.92 Å². The molecule has 9 heteroatoms. The van der Waals surface area contributed by atoms with E-state index in [1.807, 2.05) is 6.07 Å². The fraction of sp³-hybridized carbons (Fsp3) is 0.214. The van der Waals surface area contributed by atoms with Crippen LogP contribution in [0.15, 0.2) is 32.5 Å². The number of hydrogen-bond donors (Lipinski definition) is 2. The number of esters is 1. The molecule has 4 rings (SSSR count). The number of halogens is 1. The number of aliphatic carboxylic acids is 1. The van der Waals surface area contributed by atoms with E-state index in [4.69, 9.17) is 4.74 Å². The van der Waals surface area contributed by atoms with Gasteiger partial charge in [-0.05, 0) is 18.2 Å². The Hall–Kier alpha value is -1.58. The average molecular weight is 414 g/mol. The lowest BCUT2D eigenvalue weighted by molar-refractivity contribution is -0.147. The summed E-state index contributed by atoms with van der Waals surface area (Å²) in [5.41, 5.74) is 0.715. The van der Waals surface area contributed by atoms with Crippen molar-refractivity contribution < 1.29 is 19.4 Å². The Morgan fingerprint density at radius 1 is 1.35 bits per heavy atom. The van der Waals surface area contributed by atoms with Gasteiger partial charge in [0.1, 0.15) is 11.0 Å². The highest BCUT2D eigenvalue weighted by Crippen LogP contribution is 2.53. The number of hydrogen-bond acceptors (Lipinski definition) is 6. The van der Waals surface area contributed by atoms with E-state index < -0.39 is 29.0 Å². The quantitative estimate of drug-likeness (QED) is 0.550. The summed E-state index contributed by atoms with van der Waals surface area (Å²) in [6.45, 7) is 0. The Kier molecular flexibility index (Phi) is 3.40. The highest BCUT2D eigenvalue weighted by atomic mass is 79.9. The number of ether oxygens (including phenoxy) is 1. The highest BCUT2D eigenvalue weighted by molar-refractivity contribution is 9.10. The van der Waals surface area contributed by atoms with Crippen LogP contribution in [0.3, 0.4) is 0 Å². The predicted octanol–water partition coefficient (Wildman–Crippen LogP) is 2.42. The number of H-pyrrole nitrogens is 1. The highest BCUT2D eigenvalue weighted by Gasteiger charge is 2.51. The minimum Gasteiger partial charge on any atom is -0.480 e. The van der Waals surface area contributed by atoms with E-state index in [2.05, 4.69) is 20.9 Å². The maximum absolute atomic E-state index is 12.4. The molecule has 0 saturated heterocycles. The number of aromatic nitrogens is 1. The molecule has 2 aromatic rings. The standard InChI is InChI=1S/C14H8BrNO5S2/c15-4-1-2-6-5(3-4)7-8(13(19)21-6)10(12(17)18)22-11-9(7)23-14(20)16-11/h1-3,7-8,10H,(H,16,20)(H,17,18)/t7-,8+,10+/m1/s1. The number of thiazole rings is 1. The fourth-order valence-electron chi connectivity index (χ4n) is 2.99. The van der Waals surface area contributed by atoms with E-state index in [1.165, 1.54) is 0 Å². The lowest BCUT2D eigenvalue weighted by Gasteiger charge is -2.37. The number of carbonyl (C=O) groups excluding carboxylic acids is 1. The van der Waals surface area contributed by atoms with Crippen LogP contribution in [-0.4, -0.2) is 27.3 Å². The minimum atomic E-state index is -1.10. The molecule has 1 aromatic heterocycles. The van der Waals surface area contributed by atoms with E-state index in [0.717, 1.165) is 27.6 Å². The van der Waals surface area contributed by atoms with Gasteiger partial charge >= 0.3 is 16.8 Å². The number of carboxylic acid groups (broad SMARTS) is 1. The van der Waals surface area contributed by atoms with Crippen LogP contribution in [0, 0.1) is 5.92 Å². The minimum absolute atomic E-state index is 0.261. The molecule has 23 heavy (non-hydrogen) atoms. The van der Waals surface area contributed by atoms with Gasteiger partial charge in [-0.25, -0.2) is 0 Å². The van der Waals surface area contributed by atoms with Crippen LogP contribution >= 0.6 is 39.0 Å². The molecule has 0 saturated carbocycles. The van der Waals surface area contributed by atoms with E-state index >= 15 is 0 Å². The Labute approximate surface area is 146 Å². The van der Waals surface area contributed by atoms with Crippen LogP contribution in [0.1, 0.15) is 16.4 Å². The van der Waals surface area contributed by atoms with Crippen molar-refractivity contribution >= 4 is 51.0 Å². The zero-order valence-electron chi connectivity index (χ0n) is 11.2. The van der Waals surface area contributed by atoms with Crippen LogP contribution in [0.2, 0.25) is 0 Å². The van der Waals surface area contributed by atoms with E-state index in [-0.39, 0.29) is 4.87 Å². The first-order chi connectivity index (χ1) is 11.0. The third-order valence-electron chi connectivity index (χ3n) is 3.89. The molecule has 0 radical (unpaired) electrons. The van der Waals surface area contributed by atoms with E-state index in [1.54, 1.807) is 12.1 Å². The van der Waals surface area contributed by atoms with Crippen molar-refractivity contribution in [3.05, 3.63) is 42.8 Å². The Bertz CT molecular complexity index is 905. The molecule has 0 spiro atoms. The van der Waals surface area contributed by atoms with Gasteiger partial charge in [0, 0.05) is 20.8 Å². The number of thioether (sulfide) groups is 1. The number of benzene rings is 1. The molecule has 2 aliphatic heterocycles. The molecule has 0 bridgehead atoms. The fourth-order valence-corrected chi connectivity index (χ4v) is 5.76. The molecular weight excluding hydrogens is 406 g/mol. The van der Waals surface area contributed by atoms with Gasteiger partial charge in [0.05, 0.1) is 10.9 Å². The molecule has 0 unspecified atom stereocenters. The van der Waals surface area contributed by atoms with Crippen LogP contribution in [0.4, 0.5) is 0 Å².